The van der Waals surface area contributed by atoms with Crippen molar-refractivity contribution in [1.29, 1.82) is 0 Å². The molecule has 0 unspecified atom stereocenters. The van der Waals surface area contributed by atoms with Gasteiger partial charge in [0.2, 0.25) is 5.95 Å². The molecule has 0 bridgehead atoms. The van der Waals surface area contributed by atoms with Gasteiger partial charge >= 0.3 is 0 Å². The molecule has 2 aromatic rings. The van der Waals surface area contributed by atoms with E-state index in [0.29, 0.717) is 36.6 Å². The lowest BCUT2D eigenvalue weighted by Crippen LogP contribution is -2.33. The number of aryl methyl sites for hydroxylation is 2. The number of rotatable bonds is 1. The van der Waals surface area contributed by atoms with E-state index < -0.39 is 0 Å². The van der Waals surface area contributed by atoms with Crippen LogP contribution in [0.4, 0.5) is 14.7 Å². The van der Waals surface area contributed by atoms with E-state index in [1.54, 1.807) is 0 Å². The van der Waals surface area contributed by atoms with Crippen LogP contribution in [-0.4, -0.2) is 16.5 Å². The maximum absolute atomic E-state index is 14.0. The van der Waals surface area contributed by atoms with Crippen molar-refractivity contribution in [2.75, 3.05) is 11.4 Å². The van der Waals surface area contributed by atoms with Gasteiger partial charge in [0.25, 0.3) is 0 Å². The lowest BCUT2D eigenvalue weighted by Gasteiger charge is -2.30. The van der Waals surface area contributed by atoms with Crippen LogP contribution in [0, 0.1) is 11.6 Å². The molecule has 22 heavy (non-hydrogen) atoms. The summed E-state index contributed by atoms with van der Waals surface area (Å²) in [7, 11) is 0. The first kappa shape index (κ1) is 13.6. The van der Waals surface area contributed by atoms with Crippen molar-refractivity contribution < 1.29 is 8.78 Å². The Hall–Kier alpha value is -2.04. The third-order valence-corrected chi connectivity index (χ3v) is 4.63. The molecular formula is C17H17F2N3. The summed E-state index contributed by atoms with van der Waals surface area (Å²) in [5.74, 6) is -0.0311. The van der Waals surface area contributed by atoms with Gasteiger partial charge in [-0.05, 0) is 55.4 Å². The molecule has 3 nitrogen and oxygen atoms in total. The van der Waals surface area contributed by atoms with Crippen molar-refractivity contribution in [1.82, 2.24) is 9.97 Å². The largest absolute Gasteiger partial charge is 0.336 e. The van der Waals surface area contributed by atoms with Gasteiger partial charge in [-0.2, -0.15) is 0 Å². The molecule has 0 N–H and O–H groups in total. The number of aromatic nitrogens is 2. The third-order valence-electron chi connectivity index (χ3n) is 4.63. The fourth-order valence-electron chi connectivity index (χ4n) is 3.38. The highest BCUT2D eigenvalue weighted by atomic mass is 19.1. The Morgan fingerprint density at radius 3 is 2.59 bits per heavy atom. The fraction of sp³-hybridized carbons (Fsp3) is 0.412. The molecule has 2 heterocycles. The van der Waals surface area contributed by atoms with Crippen LogP contribution in [0.1, 0.15) is 35.2 Å². The van der Waals surface area contributed by atoms with E-state index in [0.717, 1.165) is 25.0 Å². The molecule has 0 saturated carbocycles. The van der Waals surface area contributed by atoms with Crippen LogP contribution in [0.3, 0.4) is 0 Å². The van der Waals surface area contributed by atoms with Crippen LogP contribution in [0.25, 0.3) is 0 Å². The first-order chi connectivity index (χ1) is 10.7. The molecule has 4 rings (SSSR count). The molecule has 0 spiro atoms. The van der Waals surface area contributed by atoms with Crippen molar-refractivity contribution in [2.24, 2.45) is 0 Å². The Balaban J connectivity index is 1.66. The Morgan fingerprint density at radius 2 is 1.73 bits per heavy atom. The SMILES string of the molecule is Fc1ccc(F)c2c1CCN(c1ncc3c(n1)CCCC3)C2. The number of anilines is 1. The third kappa shape index (κ3) is 2.25. The van der Waals surface area contributed by atoms with Gasteiger partial charge in [-0.15, -0.1) is 0 Å². The summed E-state index contributed by atoms with van der Waals surface area (Å²) in [5.41, 5.74) is 3.27. The topological polar surface area (TPSA) is 29.0 Å². The maximum atomic E-state index is 14.0. The number of hydrogen-bond donors (Lipinski definition) is 0. The summed E-state index contributed by atoms with van der Waals surface area (Å²) in [5, 5.41) is 0. The second-order valence-corrected chi connectivity index (χ2v) is 6.01. The van der Waals surface area contributed by atoms with Gasteiger partial charge in [-0.25, -0.2) is 18.7 Å². The molecule has 0 amide bonds. The standard InChI is InChI=1S/C17H17F2N3/c18-14-5-6-15(19)13-10-22(8-7-12(13)14)17-20-9-11-3-1-2-4-16(11)21-17/h5-6,9H,1-4,7-8,10H2. The normalized spacial score (nSPS) is 17.1. The molecule has 114 valence electrons. The second kappa shape index (κ2) is 5.30. The zero-order chi connectivity index (χ0) is 15.1. The molecule has 1 aromatic carbocycles. The van der Waals surface area contributed by atoms with Crippen molar-refractivity contribution in [3.8, 4) is 0 Å². The predicted molar refractivity (Wildman–Crippen MR) is 79.8 cm³/mol. The zero-order valence-electron chi connectivity index (χ0n) is 12.3. The second-order valence-electron chi connectivity index (χ2n) is 6.01. The quantitative estimate of drug-likeness (QED) is 0.810. The van der Waals surface area contributed by atoms with E-state index in [4.69, 9.17) is 0 Å². The average Bonchev–Trinajstić information content (AvgIpc) is 2.57. The predicted octanol–water partition coefficient (Wildman–Crippen LogP) is 3.20. The van der Waals surface area contributed by atoms with Crippen molar-refractivity contribution in [2.45, 2.75) is 38.6 Å². The van der Waals surface area contributed by atoms with E-state index in [-0.39, 0.29) is 11.6 Å². The van der Waals surface area contributed by atoms with Crippen LogP contribution in [0.2, 0.25) is 0 Å². The van der Waals surface area contributed by atoms with Gasteiger partial charge in [0, 0.05) is 30.5 Å². The maximum Gasteiger partial charge on any atom is 0.225 e. The smallest absolute Gasteiger partial charge is 0.225 e. The molecule has 1 aliphatic heterocycles. The number of hydrogen-bond acceptors (Lipinski definition) is 3. The van der Waals surface area contributed by atoms with E-state index in [2.05, 4.69) is 9.97 Å². The van der Waals surface area contributed by atoms with E-state index in [1.165, 1.54) is 24.1 Å². The van der Waals surface area contributed by atoms with Gasteiger partial charge < -0.3 is 4.90 Å². The number of halogens is 2. The summed E-state index contributed by atoms with van der Waals surface area (Å²) in [4.78, 5) is 11.0. The molecule has 0 radical (unpaired) electrons. The molecule has 0 fully saturated rings. The van der Waals surface area contributed by atoms with Crippen LogP contribution in [0.5, 0.6) is 0 Å². The highest BCUT2D eigenvalue weighted by molar-refractivity contribution is 5.42. The van der Waals surface area contributed by atoms with E-state index in [1.807, 2.05) is 11.1 Å². The van der Waals surface area contributed by atoms with Crippen LogP contribution in [-0.2, 0) is 25.8 Å². The summed E-state index contributed by atoms with van der Waals surface area (Å²) in [6.45, 7) is 0.948. The fourth-order valence-corrected chi connectivity index (χ4v) is 3.38. The summed E-state index contributed by atoms with van der Waals surface area (Å²) in [6.07, 6.45) is 6.76. The minimum absolute atomic E-state index is 0.317. The summed E-state index contributed by atoms with van der Waals surface area (Å²) < 4.78 is 27.8. The minimum Gasteiger partial charge on any atom is -0.336 e. The number of benzene rings is 1. The molecular weight excluding hydrogens is 284 g/mol. The lowest BCUT2D eigenvalue weighted by atomic mass is 9.97. The summed E-state index contributed by atoms with van der Waals surface area (Å²) in [6, 6.07) is 2.41. The first-order valence-corrected chi connectivity index (χ1v) is 7.78. The molecule has 0 saturated heterocycles. The Kier molecular flexibility index (Phi) is 3.28. The van der Waals surface area contributed by atoms with Gasteiger partial charge in [-0.3, -0.25) is 0 Å². The van der Waals surface area contributed by atoms with Crippen LogP contribution < -0.4 is 4.90 Å². The van der Waals surface area contributed by atoms with Gasteiger partial charge in [0.1, 0.15) is 11.6 Å². The Bertz CT molecular complexity index is 730. The van der Waals surface area contributed by atoms with Gasteiger partial charge in [0.15, 0.2) is 0 Å². The number of nitrogens with zero attached hydrogens (tertiary/aromatic N) is 3. The van der Waals surface area contributed by atoms with Crippen molar-refractivity contribution >= 4 is 5.95 Å². The van der Waals surface area contributed by atoms with Crippen molar-refractivity contribution in [3.63, 3.8) is 0 Å². The lowest BCUT2D eigenvalue weighted by molar-refractivity contribution is 0.546. The number of fused-ring (bicyclic) bond motifs is 2. The van der Waals surface area contributed by atoms with Gasteiger partial charge in [-0.1, -0.05) is 0 Å². The van der Waals surface area contributed by atoms with Crippen LogP contribution >= 0.6 is 0 Å². The zero-order valence-corrected chi connectivity index (χ0v) is 12.3. The molecule has 5 heteroatoms. The first-order valence-electron chi connectivity index (χ1n) is 7.78. The van der Waals surface area contributed by atoms with E-state index in [9.17, 15) is 8.78 Å². The molecule has 2 aliphatic rings. The molecule has 1 aromatic heterocycles. The van der Waals surface area contributed by atoms with E-state index >= 15 is 0 Å². The Labute approximate surface area is 128 Å². The molecule has 1 aliphatic carbocycles. The van der Waals surface area contributed by atoms with Crippen LogP contribution in [0.15, 0.2) is 18.3 Å². The highest BCUT2D eigenvalue weighted by Crippen LogP contribution is 2.27. The van der Waals surface area contributed by atoms with Crippen molar-refractivity contribution in [3.05, 3.63) is 52.3 Å². The summed E-state index contributed by atoms with van der Waals surface area (Å²) >= 11 is 0. The highest BCUT2D eigenvalue weighted by Gasteiger charge is 2.24. The monoisotopic (exact) mass is 301 g/mol. The Morgan fingerprint density at radius 1 is 0.955 bits per heavy atom. The molecule has 0 atom stereocenters. The van der Waals surface area contributed by atoms with Gasteiger partial charge in [0.05, 0.1) is 0 Å². The average molecular weight is 301 g/mol. The minimum atomic E-state index is -0.348.